The molecule has 1 aliphatic heterocycles. The summed E-state index contributed by atoms with van der Waals surface area (Å²) in [5.41, 5.74) is 1.97. The zero-order chi connectivity index (χ0) is 15.5. The van der Waals surface area contributed by atoms with Crippen LogP contribution in [0.5, 0.6) is 0 Å². The average molecular weight is 326 g/mol. The van der Waals surface area contributed by atoms with Crippen LogP contribution in [0.2, 0.25) is 0 Å². The fourth-order valence-corrected chi connectivity index (χ4v) is 3.73. The van der Waals surface area contributed by atoms with Crippen LogP contribution in [0.4, 0.5) is 0 Å². The van der Waals surface area contributed by atoms with Crippen molar-refractivity contribution in [1.29, 1.82) is 0 Å². The van der Waals surface area contributed by atoms with E-state index in [1.807, 2.05) is 55.5 Å². The fourth-order valence-electron chi connectivity index (χ4n) is 2.31. The number of rotatable bonds is 3. The van der Waals surface area contributed by atoms with Gasteiger partial charge in [-0.1, -0.05) is 60.4 Å². The molecule has 1 atom stereocenters. The van der Waals surface area contributed by atoms with Gasteiger partial charge in [0, 0.05) is 12.4 Å². The second-order valence-electron chi connectivity index (χ2n) is 4.92. The van der Waals surface area contributed by atoms with E-state index in [1.54, 1.807) is 17.3 Å². The lowest BCUT2D eigenvalue weighted by Crippen LogP contribution is -2.30. The van der Waals surface area contributed by atoms with E-state index >= 15 is 0 Å². The third-order valence-corrected chi connectivity index (χ3v) is 4.81. The van der Waals surface area contributed by atoms with Crippen molar-refractivity contribution >= 4 is 40.3 Å². The second-order valence-corrected chi connectivity index (χ2v) is 6.60. The number of hydrogen-bond acceptors (Lipinski definition) is 4. The molecule has 5 heteroatoms. The molecular weight excluding hydrogens is 312 g/mol. The smallest absolute Gasteiger partial charge is 0.266 e. The predicted octanol–water partition coefficient (Wildman–Crippen LogP) is 4.04. The Kier molecular flexibility index (Phi) is 4.36. The summed E-state index contributed by atoms with van der Waals surface area (Å²) >= 11 is 6.74. The van der Waals surface area contributed by atoms with Gasteiger partial charge in [0.2, 0.25) is 0 Å². The maximum Gasteiger partial charge on any atom is 0.266 e. The van der Waals surface area contributed by atoms with E-state index in [0.717, 1.165) is 11.1 Å². The number of thioether (sulfide) groups is 1. The molecule has 22 heavy (non-hydrogen) atoms. The van der Waals surface area contributed by atoms with Gasteiger partial charge in [-0.25, -0.2) is 0 Å². The summed E-state index contributed by atoms with van der Waals surface area (Å²) in [6, 6.07) is 13.6. The normalized spacial score (nSPS) is 18.0. The first-order valence-electron chi connectivity index (χ1n) is 6.89. The SMILES string of the molecule is C[C@H](c1ccccc1)N1C(=O)/C(=C\c2cccnc2)SC1=S. The fraction of sp³-hybridized carbons (Fsp3) is 0.118. The van der Waals surface area contributed by atoms with Crippen molar-refractivity contribution in [3.05, 3.63) is 70.9 Å². The maximum absolute atomic E-state index is 12.7. The Morgan fingerprint density at radius 1 is 1.23 bits per heavy atom. The highest BCUT2D eigenvalue weighted by Crippen LogP contribution is 2.37. The summed E-state index contributed by atoms with van der Waals surface area (Å²) in [5.74, 6) is -0.0461. The monoisotopic (exact) mass is 326 g/mol. The molecule has 0 N–H and O–H groups in total. The quantitative estimate of drug-likeness (QED) is 0.629. The van der Waals surface area contributed by atoms with Gasteiger partial charge in [-0.3, -0.25) is 14.7 Å². The van der Waals surface area contributed by atoms with Gasteiger partial charge in [0.05, 0.1) is 10.9 Å². The van der Waals surface area contributed by atoms with Crippen LogP contribution in [0.3, 0.4) is 0 Å². The van der Waals surface area contributed by atoms with Crippen LogP contribution in [0.1, 0.15) is 24.1 Å². The number of nitrogens with zero attached hydrogens (tertiary/aromatic N) is 2. The summed E-state index contributed by atoms with van der Waals surface area (Å²) in [4.78, 5) is 19.0. The average Bonchev–Trinajstić information content (AvgIpc) is 2.82. The van der Waals surface area contributed by atoms with Crippen molar-refractivity contribution < 1.29 is 4.79 Å². The topological polar surface area (TPSA) is 33.2 Å². The highest BCUT2D eigenvalue weighted by Gasteiger charge is 2.35. The maximum atomic E-state index is 12.7. The number of amides is 1. The first-order valence-corrected chi connectivity index (χ1v) is 8.11. The highest BCUT2D eigenvalue weighted by molar-refractivity contribution is 8.26. The van der Waals surface area contributed by atoms with Crippen LogP contribution in [-0.4, -0.2) is 20.1 Å². The van der Waals surface area contributed by atoms with Crippen LogP contribution in [-0.2, 0) is 4.79 Å². The van der Waals surface area contributed by atoms with Crippen LogP contribution in [0.25, 0.3) is 6.08 Å². The number of thiocarbonyl (C=S) groups is 1. The van der Waals surface area contributed by atoms with Gasteiger partial charge in [-0.2, -0.15) is 0 Å². The van der Waals surface area contributed by atoms with Crippen LogP contribution in [0, 0.1) is 0 Å². The van der Waals surface area contributed by atoms with Gasteiger partial charge in [0.15, 0.2) is 0 Å². The first kappa shape index (κ1) is 14.9. The van der Waals surface area contributed by atoms with Crippen LogP contribution < -0.4 is 0 Å². The number of aromatic nitrogens is 1. The third-order valence-electron chi connectivity index (χ3n) is 3.47. The van der Waals surface area contributed by atoms with Gasteiger partial charge in [-0.05, 0) is 30.2 Å². The Labute approximate surface area is 139 Å². The van der Waals surface area contributed by atoms with E-state index < -0.39 is 0 Å². The summed E-state index contributed by atoms with van der Waals surface area (Å²) < 4.78 is 0.594. The summed E-state index contributed by atoms with van der Waals surface area (Å²) in [6.45, 7) is 1.99. The first-order chi connectivity index (χ1) is 10.7. The molecule has 2 aromatic rings. The molecule has 1 aliphatic rings. The molecule has 3 nitrogen and oxygen atoms in total. The van der Waals surface area contributed by atoms with Crippen molar-refractivity contribution in [3.63, 3.8) is 0 Å². The standard InChI is InChI=1S/C17H14N2OS2/c1-12(14-7-3-2-4-8-14)19-16(20)15(22-17(19)21)10-13-6-5-9-18-11-13/h2-12H,1H3/b15-10+/t12-/m1/s1. The zero-order valence-electron chi connectivity index (χ0n) is 12.0. The highest BCUT2D eigenvalue weighted by atomic mass is 32.2. The second kappa shape index (κ2) is 6.42. The minimum Gasteiger partial charge on any atom is -0.286 e. The Hall–Kier alpha value is -1.98. The van der Waals surface area contributed by atoms with Crippen LogP contribution >= 0.6 is 24.0 Å². The van der Waals surface area contributed by atoms with Gasteiger partial charge < -0.3 is 0 Å². The molecule has 1 amide bonds. The van der Waals surface area contributed by atoms with E-state index in [2.05, 4.69) is 4.98 Å². The molecule has 0 unspecified atom stereocenters. The number of pyridine rings is 1. The lowest BCUT2D eigenvalue weighted by molar-refractivity contribution is -0.123. The molecule has 0 aliphatic carbocycles. The van der Waals surface area contributed by atoms with Gasteiger partial charge in [0.25, 0.3) is 5.91 Å². The Morgan fingerprint density at radius 2 is 2.00 bits per heavy atom. The molecule has 2 heterocycles. The van der Waals surface area contributed by atoms with E-state index in [1.165, 1.54) is 11.8 Å². The van der Waals surface area contributed by atoms with Crippen molar-refractivity contribution in [2.24, 2.45) is 0 Å². The molecule has 0 bridgehead atoms. The van der Waals surface area contributed by atoms with Crippen molar-refractivity contribution in [3.8, 4) is 0 Å². The molecule has 1 saturated heterocycles. The summed E-state index contributed by atoms with van der Waals surface area (Å²) in [7, 11) is 0. The summed E-state index contributed by atoms with van der Waals surface area (Å²) in [5, 5.41) is 0. The van der Waals surface area contributed by atoms with Crippen LogP contribution in [0.15, 0.2) is 59.8 Å². The van der Waals surface area contributed by atoms with E-state index in [4.69, 9.17) is 12.2 Å². The molecule has 1 aromatic heterocycles. The molecular formula is C17H14N2OS2. The van der Waals surface area contributed by atoms with Crippen molar-refractivity contribution in [1.82, 2.24) is 9.88 Å². The molecule has 0 radical (unpaired) electrons. The minimum absolute atomic E-state index is 0.0461. The number of benzene rings is 1. The van der Waals surface area contributed by atoms with E-state index in [0.29, 0.717) is 9.23 Å². The Bertz CT molecular complexity index is 729. The molecule has 3 rings (SSSR count). The lowest BCUT2D eigenvalue weighted by Gasteiger charge is -2.23. The zero-order valence-corrected chi connectivity index (χ0v) is 13.6. The van der Waals surface area contributed by atoms with Crippen molar-refractivity contribution in [2.75, 3.05) is 0 Å². The molecule has 0 spiro atoms. The molecule has 1 fully saturated rings. The van der Waals surface area contributed by atoms with E-state index in [-0.39, 0.29) is 11.9 Å². The predicted molar refractivity (Wildman–Crippen MR) is 94.1 cm³/mol. The largest absolute Gasteiger partial charge is 0.286 e. The van der Waals surface area contributed by atoms with Gasteiger partial charge >= 0.3 is 0 Å². The minimum atomic E-state index is -0.0755. The molecule has 110 valence electrons. The van der Waals surface area contributed by atoms with Crippen molar-refractivity contribution in [2.45, 2.75) is 13.0 Å². The number of carbonyl (C=O) groups is 1. The summed E-state index contributed by atoms with van der Waals surface area (Å²) in [6.07, 6.45) is 5.28. The molecule has 0 saturated carbocycles. The number of hydrogen-bond donors (Lipinski definition) is 0. The molecule has 1 aromatic carbocycles. The van der Waals surface area contributed by atoms with Gasteiger partial charge in [-0.15, -0.1) is 0 Å². The lowest BCUT2D eigenvalue weighted by atomic mass is 10.1. The third kappa shape index (κ3) is 2.96. The van der Waals surface area contributed by atoms with Gasteiger partial charge in [0.1, 0.15) is 4.32 Å². The number of carbonyl (C=O) groups excluding carboxylic acids is 1. The Morgan fingerprint density at radius 3 is 2.68 bits per heavy atom. The Balaban J connectivity index is 1.88. The van der Waals surface area contributed by atoms with E-state index in [9.17, 15) is 4.79 Å².